The molecule has 76 valence electrons. The van der Waals surface area contributed by atoms with Gasteiger partial charge in [0.05, 0.1) is 4.47 Å². The fourth-order valence-electron chi connectivity index (χ4n) is 1.95. The van der Waals surface area contributed by atoms with Crippen molar-refractivity contribution in [1.29, 1.82) is 0 Å². The van der Waals surface area contributed by atoms with E-state index in [1.165, 1.54) is 6.07 Å². The highest BCUT2D eigenvalue weighted by atomic mass is 79.9. The Hall–Kier alpha value is -0.410. The molecule has 1 nitrogen and oxygen atoms in total. The third-order valence-electron chi connectivity index (χ3n) is 3.15. The second kappa shape index (κ2) is 3.31. The SMILES string of the molecule is CC(N)C1(c2ccc(F)c(Br)c2)CC1. The van der Waals surface area contributed by atoms with E-state index in [0.717, 1.165) is 18.4 Å². The zero-order valence-corrected chi connectivity index (χ0v) is 9.64. The first-order valence-electron chi connectivity index (χ1n) is 4.77. The normalized spacial score (nSPS) is 20.6. The summed E-state index contributed by atoms with van der Waals surface area (Å²) < 4.78 is 13.6. The highest BCUT2D eigenvalue weighted by Gasteiger charge is 2.47. The summed E-state index contributed by atoms with van der Waals surface area (Å²) in [5, 5.41) is 0. The lowest BCUT2D eigenvalue weighted by atomic mass is 9.90. The Kier molecular flexibility index (Phi) is 2.40. The van der Waals surface area contributed by atoms with Gasteiger partial charge in [0.2, 0.25) is 0 Å². The van der Waals surface area contributed by atoms with E-state index in [4.69, 9.17) is 5.73 Å². The largest absolute Gasteiger partial charge is 0.327 e. The molecule has 2 N–H and O–H groups in total. The number of hydrogen-bond donors (Lipinski definition) is 1. The molecule has 3 heteroatoms. The predicted molar refractivity (Wildman–Crippen MR) is 58.7 cm³/mol. The van der Waals surface area contributed by atoms with E-state index in [9.17, 15) is 4.39 Å². The molecule has 0 amide bonds. The summed E-state index contributed by atoms with van der Waals surface area (Å²) in [5.74, 6) is -0.214. The molecule has 2 rings (SSSR count). The Morgan fingerprint density at radius 2 is 2.14 bits per heavy atom. The van der Waals surface area contributed by atoms with Crippen LogP contribution in [-0.2, 0) is 5.41 Å². The van der Waals surface area contributed by atoms with Gasteiger partial charge in [0.15, 0.2) is 0 Å². The van der Waals surface area contributed by atoms with Gasteiger partial charge >= 0.3 is 0 Å². The van der Waals surface area contributed by atoms with Gasteiger partial charge in [0.25, 0.3) is 0 Å². The number of nitrogens with two attached hydrogens (primary N) is 1. The first-order chi connectivity index (χ1) is 6.56. The van der Waals surface area contributed by atoms with Crippen LogP contribution < -0.4 is 5.73 Å². The van der Waals surface area contributed by atoms with Gasteiger partial charge in [-0.15, -0.1) is 0 Å². The standard InChI is InChI=1S/C11H13BrFN/c1-7(14)11(4-5-11)8-2-3-10(13)9(12)6-8/h2-3,6-7H,4-5,14H2,1H3. The molecule has 0 heterocycles. The fraction of sp³-hybridized carbons (Fsp3) is 0.455. The minimum Gasteiger partial charge on any atom is -0.327 e. The monoisotopic (exact) mass is 257 g/mol. The van der Waals surface area contributed by atoms with Crippen molar-refractivity contribution in [3.63, 3.8) is 0 Å². The van der Waals surface area contributed by atoms with Crippen LogP contribution in [0.4, 0.5) is 4.39 Å². The van der Waals surface area contributed by atoms with Crippen molar-refractivity contribution in [3.05, 3.63) is 34.1 Å². The van der Waals surface area contributed by atoms with Gasteiger partial charge in [-0.25, -0.2) is 4.39 Å². The predicted octanol–water partition coefficient (Wildman–Crippen LogP) is 2.97. The Morgan fingerprint density at radius 3 is 2.57 bits per heavy atom. The van der Waals surface area contributed by atoms with Crippen LogP contribution in [0, 0.1) is 5.82 Å². The van der Waals surface area contributed by atoms with Gasteiger partial charge in [-0.2, -0.15) is 0 Å². The van der Waals surface area contributed by atoms with Crippen LogP contribution in [0.3, 0.4) is 0 Å². The van der Waals surface area contributed by atoms with Crippen molar-refractivity contribution in [2.75, 3.05) is 0 Å². The van der Waals surface area contributed by atoms with E-state index < -0.39 is 0 Å². The molecule has 1 saturated carbocycles. The van der Waals surface area contributed by atoms with Crippen molar-refractivity contribution >= 4 is 15.9 Å². The van der Waals surface area contributed by atoms with Gasteiger partial charge in [0.1, 0.15) is 5.82 Å². The average Bonchev–Trinajstić information content (AvgIpc) is 2.90. The summed E-state index contributed by atoms with van der Waals surface area (Å²) in [6.07, 6.45) is 2.23. The van der Waals surface area contributed by atoms with Gasteiger partial charge < -0.3 is 5.73 Å². The van der Waals surface area contributed by atoms with Crippen LogP contribution in [0.1, 0.15) is 25.3 Å². The molecule has 0 spiro atoms. The van der Waals surface area contributed by atoms with Crippen LogP contribution in [0.2, 0.25) is 0 Å². The molecule has 1 atom stereocenters. The number of hydrogen-bond acceptors (Lipinski definition) is 1. The molecule has 0 aliphatic heterocycles. The molecule has 1 aliphatic rings. The molecule has 0 saturated heterocycles. The van der Waals surface area contributed by atoms with E-state index in [0.29, 0.717) is 4.47 Å². The molecule has 0 aromatic heterocycles. The first-order valence-corrected chi connectivity index (χ1v) is 5.57. The van der Waals surface area contributed by atoms with Crippen molar-refractivity contribution in [2.45, 2.75) is 31.2 Å². The molecule has 1 aromatic rings. The highest BCUT2D eigenvalue weighted by Crippen LogP contribution is 2.50. The zero-order valence-electron chi connectivity index (χ0n) is 8.06. The topological polar surface area (TPSA) is 26.0 Å². The molecule has 1 fully saturated rings. The summed E-state index contributed by atoms with van der Waals surface area (Å²) in [6, 6.07) is 5.34. The van der Waals surface area contributed by atoms with Crippen molar-refractivity contribution < 1.29 is 4.39 Å². The van der Waals surface area contributed by atoms with E-state index >= 15 is 0 Å². The van der Waals surface area contributed by atoms with Crippen LogP contribution in [0.25, 0.3) is 0 Å². The van der Waals surface area contributed by atoms with Crippen LogP contribution in [0.5, 0.6) is 0 Å². The smallest absolute Gasteiger partial charge is 0.137 e. The average molecular weight is 258 g/mol. The van der Waals surface area contributed by atoms with Crippen LogP contribution >= 0.6 is 15.9 Å². The summed E-state index contributed by atoms with van der Waals surface area (Å²) in [5.41, 5.74) is 7.20. The van der Waals surface area contributed by atoms with E-state index in [2.05, 4.69) is 15.9 Å². The number of benzene rings is 1. The molecule has 0 radical (unpaired) electrons. The maximum Gasteiger partial charge on any atom is 0.137 e. The van der Waals surface area contributed by atoms with E-state index in [1.54, 1.807) is 0 Å². The Bertz CT molecular complexity index is 358. The molecular weight excluding hydrogens is 245 g/mol. The minimum atomic E-state index is -0.214. The Labute approximate surface area is 91.6 Å². The lowest BCUT2D eigenvalue weighted by molar-refractivity contribution is 0.552. The van der Waals surface area contributed by atoms with E-state index in [-0.39, 0.29) is 17.3 Å². The van der Waals surface area contributed by atoms with Crippen LogP contribution in [-0.4, -0.2) is 6.04 Å². The highest BCUT2D eigenvalue weighted by molar-refractivity contribution is 9.10. The second-order valence-corrected chi connectivity index (χ2v) is 4.93. The first kappa shape index (κ1) is 10.1. The second-order valence-electron chi connectivity index (χ2n) is 4.07. The van der Waals surface area contributed by atoms with Crippen molar-refractivity contribution in [1.82, 2.24) is 0 Å². The summed E-state index contributed by atoms with van der Waals surface area (Å²) in [7, 11) is 0. The van der Waals surface area contributed by atoms with Gasteiger partial charge in [-0.1, -0.05) is 6.07 Å². The Morgan fingerprint density at radius 1 is 1.50 bits per heavy atom. The lowest BCUT2D eigenvalue weighted by Gasteiger charge is -2.20. The fourth-order valence-corrected chi connectivity index (χ4v) is 2.33. The third kappa shape index (κ3) is 1.48. The summed E-state index contributed by atoms with van der Waals surface area (Å²) >= 11 is 3.20. The molecule has 14 heavy (non-hydrogen) atoms. The molecule has 1 aromatic carbocycles. The third-order valence-corrected chi connectivity index (χ3v) is 3.76. The lowest BCUT2D eigenvalue weighted by Crippen LogP contribution is -2.31. The summed E-state index contributed by atoms with van der Waals surface area (Å²) in [4.78, 5) is 0. The van der Waals surface area contributed by atoms with Gasteiger partial charge in [0, 0.05) is 11.5 Å². The molecule has 1 unspecified atom stereocenters. The minimum absolute atomic E-state index is 0.107. The quantitative estimate of drug-likeness (QED) is 0.867. The Balaban J connectivity index is 2.38. The molecule has 0 bridgehead atoms. The molecule has 1 aliphatic carbocycles. The number of halogens is 2. The van der Waals surface area contributed by atoms with E-state index in [1.807, 2.05) is 19.1 Å². The summed E-state index contributed by atoms with van der Waals surface area (Å²) in [6.45, 7) is 2.02. The maximum absolute atomic E-state index is 13.0. The maximum atomic E-state index is 13.0. The van der Waals surface area contributed by atoms with Gasteiger partial charge in [-0.3, -0.25) is 0 Å². The van der Waals surface area contributed by atoms with Crippen molar-refractivity contribution in [3.8, 4) is 0 Å². The van der Waals surface area contributed by atoms with Gasteiger partial charge in [-0.05, 0) is 53.4 Å². The van der Waals surface area contributed by atoms with Crippen LogP contribution in [0.15, 0.2) is 22.7 Å². The number of rotatable bonds is 2. The zero-order chi connectivity index (χ0) is 10.3. The van der Waals surface area contributed by atoms with Crippen molar-refractivity contribution in [2.24, 2.45) is 5.73 Å². The molecular formula is C11H13BrFN.